The molecule has 1 atom stereocenters. The highest BCUT2D eigenvalue weighted by atomic mass is 32.2. The summed E-state index contributed by atoms with van der Waals surface area (Å²) in [5, 5.41) is 4.98. The quantitative estimate of drug-likeness (QED) is 0.888. The summed E-state index contributed by atoms with van der Waals surface area (Å²) in [6.07, 6.45) is 1.78. The van der Waals surface area contributed by atoms with Gasteiger partial charge in [0.05, 0.1) is 0 Å². The van der Waals surface area contributed by atoms with E-state index in [0.29, 0.717) is 31.1 Å². The van der Waals surface area contributed by atoms with Gasteiger partial charge in [0.1, 0.15) is 9.77 Å². The number of carbonyl (C=O) groups is 1. The first-order valence-electron chi connectivity index (χ1n) is 7.60. The monoisotopic (exact) mass is 343 g/mol. The molecule has 1 aromatic heterocycles. The smallest absolute Gasteiger partial charge is 0.265 e. The van der Waals surface area contributed by atoms with Crippen molar-refractivity contribution >= 4 is 27.3 Å². The van der Waals surface area contributed by atoms with Gasteiger partial charge in [0, 0.05) is 38.8 Å². The number of nitrogens with zero attached hydrogens (tertiary/aromatic N) is 2. The van der Waals surface area contributed by atoms with Crippen LogP contribution in [0.15, 0.2) is 16.3 Å². The van der Waals surface area contributed by atoms with E-state index in [2.05, 4.69) is 5.32 Å². The summed E-state index contributed by atoms with van der Waals surface area (Å²) in [6, 6.07) is 1.80. The van der Waals surface area contributed by atoms with Crippen molar-refractivity contribution in [1.29, 1.82) is 0 Å². The van der Waals surface area contributed by atoms with Crippen LogP contribution in [0.2, 0.25) is 0 Å². The summed E-state index contributed by atoms with van der Waals surface area (Å²) in [5.41, 5.74) is 0. The van der Waals surface area contributed by atoms with Crippen LogP contribution in [0.5, 0.6) is 0 Å². The lowest BCUT2D eigenvalue weighted by Gasteiger charge is -2.31. The van der Waals surface area contributed by atoms with Crippen molar-refractivity contribution in [3.8, 4) is 0 Å². The molecular formula is C14H21N3O3S2. The van der Waals surface area contributed by atoms with E-state index in [1.165, 1.54) is 15.6 Å². The second-order valence-electron chi connectivity index (χ2n) is 5.83. The fourth-order valence-corrected chi connectivity index (χ4v) is 5.86. The highest BCUT2D eigenvalue weighted by Gasteiger charge is 2.33. The molecule has 0 saturated carbocycles. The van der Waals surface area contributed by atoms with Gasteiger partial charge in [0.25, 0.3) is 5.91 Å². The standard InChI is InChI=1S/C14H21N3O3S2/c1-11-10-16(8-5-15-11)14(18)13-12(4-9-21-13)22(19,20)17-6-2-3-7-17/h4,9,11,15H,2-3,5-8,10H2,1H3. The Kier molecular flexibility index (Phi) is 4.54. The minimum atomic E-state index is -3.54. The molecule has 2 aliphatic rings. The van der Waals surface area contributed by atoms with Crippen molar-refractivity contribution < 1.29 is 13.2 Å². The van der Waals surface area contributed by atoms with Gasteiger partial charge in [-0.15, -0.1) is 11.3 Å². The lowest BCUT2D eigenvalue weighted by molar-refractivity contribution is 0.0710. The molecule has 6 nitrogen and oxygen atoms in total. The molecule has 2 fully saturated rings. The van der Waals surface area contributed by atoms with Crippen molar-refractivity contribution in [3.05, 3.63) is 16.3 Å². The van der Waals surface area contributed by atoms with Crippen molar-refractivity contribution in [2.45, 2.75) is 30.7 Å². The molecule has 1 amide bonds. The number of hydrogen-bond donors (Lipinski definition) is 1. The maximum atomic E-state index is 12.7. The molecule has 2 saturated heterocycles. The molecule has 122 valence electrons. The molecule has 8 heteroatoms. The molecule has 1 aromatic rings. The van der Waals surface area contributed by atoms with Gasteiger partial charge in [-0.1, -0.05) is 0 Å². The van der Waals surface area contributed by atoms with Gasteiger partial charge in [-0.3, -0.25) is 4.79 Å². The van der Waals surface area contributed by atoms with E-state index < -0.39 is 10.0 Å². The molecule has 1 unspecified atom stereocenters. The van der Waals surface area contributed by atoms with Crippen LogP contribution in [-0.2, 0) is 10.0 Å². The Balaban J connectivity index is 1.87. The largest absolute Gasteiger partial charge is 0.335 e. The van der Waals surface area contributed by atoms with Gasteiger partial charge in [-0.2, -0.15) is 4.31 Å². The number of carbonyl (C=O) groups excluding carboxylic acids is 1. The predicted octanol–water partition coefficient (Wildman–Crippen LogP) is 0.966. The van der Waals surface area contributed by atoms with Crippen LogP contribution in [0.4, 0.5) is 0 Å². The molecule has 3 heterocycles. The number of thiophene rings is 1. The average molecular weight is 343 g/mol. The topological polar surface area (TPSA) is 69.7 Å². The Bertz CT molecular complexity index is 650. The second-order valence-corrected chi connectivity index (χ2v) is 8.65. The van der Waals surface area contributed by atoms with Gasteiger partial charge in [-0.05, 0) is 31.2 Å². The SMILES string of the molecule is CC1CN(C(=O)c2sccc2S(=O)(=O)N2CCCC2)CCN1. The van der Waals surface area contributed by atoms with E-state index in [1.54, 1.807) is 16.3 Å². The summed E-state index contributed by atoms with van der Waals surface area (Å²) < 4.78 is 26.9. The molecule has 22 heavy (non-hydrogen) atoms. The summed E-state index contributed by atoms with van der Waals surface area (Å²) >= 11 is 1.22. The summed E-state index contributed by atoms with van der Waals surface area (Å²) in [6.45, 7) is 5.10. The minimum Gasteiger partial charge on any atom is -0.335 e. The minimum absolute atomic E-state index is 0.166. The lowest BCUT2D eigenvalue weighted by atomic mass is 10.2. The predicted molar refractivity (Wildman–Crippen MR) is 85.7 cm³/mol. The van der Waals surface area contributed by atoms with Crippen LogP contribution in [0.3, 0.4) is 0 Å². The van der Waals surface area contributed by atoms with Crippen molar-refractivity contribution in [1.82, 2.24) is 14.5 Å². The molecule has 0 spiro atoms. The number of rotatable bonds is 3. The lowest BCUT2D eigenvalue weighted by Crippen LogP contribution is -2.51. The fraction of sp³-hybridized carbons (Fsp3) is 0.643. The van der Waals surface area contributed by atoms with Gasteiger partial charge in [0.2, 0.25) is 10.0 Å². The highest BCUT2D eigenvalue weighted by molar-refractivity contribution is 7.89. The molecule has 0 bridgehead atoms. The van der Waals surface area contributed by atoms with Crippen LogP contribution < -0.4 is 5.32 Å². The summed E-state index contributed by atoms with van der Waals surface area (Å²) in [7, 11) is -3.54. The Morgan fingerprint density at radius 3 is 2.73 bits per heavy atom. The first-order chi connectivity index (χ1) is 10.5. The van der Waals surface area contributed by atoms with E-state index in [1.807, 2.05) is 6.92 Å². The number of sulfonamides is 1. The second kappa shape index (κ2) is 6.27. The summed E-state index contributed by atoms with van der Waals surface area (Å²) in [5.74, 6) is -0.166. The van der Waals surface area contributed by atoms with Crippen LogP contribution in [-0.4, -0.2) is 62.3 Å². The van der Waals surface area contributed by atoms with Gasteiger partial charge >= 0.3 is 0 Å². The third-order valence-corrected chi connectivity index (χ3v) is 7.13. The number of hydrogen-bond acceptors (Lipinski definition) is 5. The molecule has 0 aliphatic carbocycles. The van der Waals surface area contributed by atoms with Crippen LogP contribution >= 0.6 is 11.3 Å². The Morgan fingerprint density at radius 1 is 1.32 bits per heavy atom. The zero-order chi connectivity index (χ0) is 15.7. The first kappa shape index (κ1) is 15.9. The van der Waals surface area contributed by atoms with E-state index in [0.717, 1.165) is 19.4 Å². The molecule has 0 radical (unpaired) electrons. The maximum absolute atomic E-state index is 12.7. The van der Waals surface area contributed by atoms with E-state index >= 15 is 0 Å². The van der Waals surface area contributed by atoms with Crippen molar-refractivity contribution in [2.24, 2.45) is 0 Å². The Labute approximate surface area is 135 Å². The van der Waals surface area contributed by atoms with Gasteiger partial charge in [-0.25, -0.2) is 8.42 Å². The average Bonchev–Trinajstić information content (AvgIpc) is 3.18. The zero-order valence-corrected chi connectivity index (χ0v) is 14.3. The van der Waals surface area contributed by atoms with Crippen molar-refractivity contribution in [2.75, 3.05) is 32.7 Å². The van der Waals surface area contributed by atoms with Crippen LogP contribution in [0.1, 0.15) is 29.4 Å². The Morgan fingerprint density at radius 2 is 2.05 bits per heavy atom. The normalized spacial score (nSPS) is 23.9. The highest BCUT2D eigenvalue weighted by Crippen LogP contribution is 2.28. The third kappa shape index (κ3) is 2.92. The number of amides is 1. The van der Waals surface area contributed by atoms with Crippen LogP contribution in [0, 0.1) is 0 Å². The molecule has 3 rings (SSSR count). The van der Waals surface area contributed by atoms with Crippen LogP contribution in [0.25, 0.3) is 0 Å². The van der Waals surface area contributed by atoms with Gasteiger partial charge in [0.15, 0.2) is 0 Å². The zero-order valence-electron chi connectivity index (χ0n) is 12.6. The Hall–Kier alpha value is -0.960. The number of piperazine rings is 1. The summed E-state index contributed by atoms with van der Waals surface area (Å²) in [4.78, 5) is 15.0. The first-order valence-corrected chi connectivity index (χ1v) is 9.92. The third-order valence-electron chi connectivity index (χ3n) is 4.16. The van der Waals surface area contributed by atoms with Crippen molar-refractivity contribution in [3.63, 3.8) is 0 Å². The van der Waals surface area contributed by atoms with E-state index in [9.17, 15) is 13.2 Å². The molecular weight excluding hydrogens is 322 g/mol. The number of nitrogens with one attached hydrogen (secondary N) is 1. The van der Waals surface area contributed by atoms with E-state index in [-0.39, 0.29) is 16.8 Å². The molecule has 1 N–H and O–H groups in total. The molecule has 2 aliphatic heterocycles. The maximum Gasteiger partial charge on any atom is 0.265 e. The van der Waals surface area contributed by atoms with E-state index in [4.69, 9.17) is 0 Å². The fourth-order valence-electron chi connectivity index (χ4n) is 2.98. The van der Waals surface area contributed by atoms with Gasteiger partial charge < -0.3 is 10.2 Å². The molecule has 0 aromatic carbocycles.